The third kappa shape index (κ3) is 5.31. The maximum atomic E-state index is 13.1. The van der Waals surface area contributed by atoms with E-state index in [-0.39, 0.29) is 17.5 Å². The van der Waals surface area contributed by atoms with Crippen molar-refractivity contribution < 1.29 is 22.7 Å². The number of nitrogens with zero attached hydrogens (tertiary/aromatic N) is 3. The van der Waals surface area contributed by atoms with Gasteiger partial charge in [0.15, 0.2) is 11.6 Å². The summed E-state index contributed by atoms with van der Waals surface area (Å²) in [6, 6.07) is 10.8. The summed E-state index contributed by atoms with van der Waals surface area (Å²) in [5.41, 5.74) is 6.54. The third-order valence-corrected chi connectivity index (χ3v) is 5.42. The van der Waals surface area contributed by atoms with Crippen LogP contribution in [0.5, 0.6) is 11.5 Å². The molecule has 1 N–H and O–H groups in total. The van der Waals surface area contributed by atoms with Gasteiger partial charge in [-0.1, -0.05) is 24.3 Å². The lowest BCUT2D eigenvalue weighted by Gasteiger charge is -2.24. The summed E-state index contributed by atoms with van der Waals surface area (Å²) >= 11 is 0. The molecule has 2 aromatic carbocycles. The van der Waals surface area contributed by atoms with Gasteiger partial charge >= 0.3 is 6.18 Å². The maximum absolute atomic E-state index is 13.1. The van der Waals surface area contributed by atoms with E-state index in [0.29, 0.717) is 30.1 Å². The Kier molecular flexibility index (Phi) is 6.33. The first-order chi connectivity index (χ1) is 15.7. The van der Waals surface area contributed by atoms with Gasteiger partial charge in [-0.05, 0) is 62.1 Å². The first kappa shape index (κ1) is 22.7. The first-order valence-electron chi connectivity index (χ1n) is 10.4. The van der Waals surface area contributed by atoms with Crippen molar-refractivity contribution in [1.82, 2.24) is 15.7 Å². The van der Waals surface area contributed by atoms with E-state index < -0.39 is 11.7 Å². The Hall–Kier alpha value is -3.46. The molecule has 1 aliphatic rings. The summed E-state index contributed by atoms with van der Waals surface area (Å²) in [4.78, 5) is 10.3. The molecule has 0 bridgehead atoms. The van der Waals surface area contributed by atoms with Crippen molar-refractivity contribution in [3.8, 4) is 11.5 Å². The van der Waals surface area contributed by atoms with Gasteiger partial charge in [0.05, 0.1) is 35.7 Å². The minimum absolute atomic E-state index is 0.0301. The molecule has 0 fully saturated rings. The number of nitrogens with one attached hydrogen (secondary N) is 1. The summed E-state index contributed by atoms with van der Waals surface area (Å²) in [6.07, 6.45) is -2.45. The van der Waals surface area contributed by atoms with Crippen LogP contribution in [-0.4, -0.2) is 28.7 Å². The van der Waals surface area contributed by atoms with Gasteiger partial charge in [0, 0.05) is 0 Å². The molecule has 6 nitrogen and oxygen atoms in total. The quantitative estimate of drug-likeness (QED) is 0.578. The summed E-state index contributed by atoms with van der Waals surface area (Å²) in [6.45, 7) is 6.22. The second kappa shape index (κ2) is 9.19. The molecule has 0 spiro atoms. The van der Waals surface area contributed by atoms with Crippen molar-refractivity contribution in [2.75, 3.05) is 6.61 Å². The highest BCUT2D eigenvalue weighted by Crippen LogP contribution is 2.33. The van der Waals surface area contributed by atoms with Gasteiger partial charge in [0.1, 0.15) is 5.75 Å². The van der Waals surface area contributed by atoms with Gasteiger partial charge in [-0.2, -0.15) is 23.4 Å². The Morgan fingerprint density at radius 2 is 1.91 bits per heavy atom. The molecule has 0 saturated heterocycles. The van der Waals surface area contributed by atoms with Crippen LogP contribution in [0, 0.1) is 20.8 Å². The number of hydroxylamine groups is 1. The highest BCUT2D eigenvalue weighted by molar-refractivity contribution is 6.01. The third-order valence-electron chi connectivity index (χ3n) is 5.42. The molecule has 0 unspecified atom stereocenters. The van der Waals surface area contributed by atoms with Crippen molar-refractivity contribution >= 4 is 5.84 Å². The predicted molar refractivity (Wildman–Crippen MR) is 117 cm³/mol. The average Bonchev–Trinajstić information content (AvgIpc) is 2.76. The molecule has 2 heterocycles. The SMILES string of the molecule is Cc1ccc(C[C@@H]2CONC(c3c(Oc4cccc(C(F)(F)F)c4)cnnc3C)=N2)cc1C. The number of hydrogen-bond acceptors (Lipinski definition) is 6. The highest BCUT2D eigenvalue weighted by Gasteiger charge is 2.31. The predicted octanol–water partition coefficient (Wildman–Crippen LogP) is 5.11. The number of ether oxygens (including phenoxy) is 1. The fraction of sp³-hybridized carbons (Fsp3) is 0.292. The van der Waals surface area contributed by atoms with E-state index in [1.807, 2.05) is 0 Å². The van der Waals surface area contributed by atoms with E-state index in [2.05, 4.69) is 47.7 Å². The van der Waals surface area contributed by atoms with Crippen LogP contribution in [0.3, 0.4) is 0 Å². The minimum Gasteiger partial charge on any atom is -0.455 e. The minimum atomic E-state index is -4.47. The normalized spacial score (nSPS) is 16.2. The Balaban J connectivity index is 1.63. The van der Waals surface area contributed by atoms with Crippen molar-refractivity contribution in [1.29, 1.82) is 0 Å². The van der Waals surface area contributed by atoms with Crippen LogP contribution in [0.25, 0.3) is 0 Å². The Bertz CT molecular complexity index is 1190. The molecule has 0 amide bonds. The van der Waals surface area contributed by atoms with Gasteiger partial charge in [0.25, 0.3) is 0 Å². The number of alkyl halides is 3. The van der Waals surface area contributed by atoms with E-state index in [0.717, 1.165) is 17.7 Å². The van der Waals surface area contributed by atoms with Crippen molar-refractivity contribution in [3.63, 3.8) is 0 Å². The fourth-order valence-corrected chi connectivity index (χ4v) is 3.56. The fourth-order valence-electron chi connectivity index (χ4n) is 3.56. The second-order valence-electron chi connectivity index (χ2n) is 7.96. The number of halogens is 3. The van der Waals surface area contributed by atoms with Crippen LogP contribution >= 0.6 is 0 Å². The first-order valence-corrected chi connectivity index (χ1v) is 10.4. The zero-order valence-corrected chi connectivity index (χ0v) is 18.4. The molecule has 4 rings (SSSR count). The van der Waals surface area contributed by atoms with Crippen molar-refractivity contribution in [2.45, 2.75) is 39.4 Å². The number of rotatable bonds is 5. The molecule has 0 radical (unpaired) electrons. The Labute approximate surface area is 189 Å². The van der Waals surface area contributed by atoms with Gasteiger partial charge in [0.2, 0.25) is 0 Å². The lowest BCUT2D eigenvalue weighted by Crippen LogP contribution is -2.37. The summed E-state index contributed by atoms with van der Waals surface area (Å²) in [7, 11) is 0. The molecule has 0 aliphatic carbocycles. The smallest absolute Gasteiger partial charge is 0.416 e. The van der Waals surface area contributed by atoms with E-state index in [1.165, 1.54) is 29.5 Å². The lowest BCUT2D eigenvalue weighted by atomic mass is 10.0. The highest BCUT2D eigenvalue weighted by atomic mass is 19.4. The van der Waals surface area contributed by atoms with Gasteiger partial charge in [-0.25, -0.2) is 5.48 Å². The van der Waals surface area contributed by atoms with Crippen LogP contribution in [-0.2, 0) is 17.4 Å². The number of aryl methyl sites for hydroxylation is 3. The summed E-state index contributed by atoms with van der Waals surface area (Å²) in [5, 5.41) is 7.95. The maximum Gasteiger partial charge on any atom is 0.416 e. The molecule has 172 valence electrons. The standard InChI is InChI=1S/C24H23F3N4O2/c1-14-7-8-17(9-15(14)2)10-19-13-32-31-23(29-19)22-16(3)30-28-12-21(22)33-20-6-4-5-18(11-20)24(25,26)27/h4-9,11-12,19H,10,13H2,1-3H3,(H,29,31)/t19-/m1/s1. The molecule has 1 atom stereocenters. The monoisotopic (exact) mass is 456 g/mol. The Morgan fingerprint density at radius 1 is 1.09 bits per heavy atom. The van der Waals surface area contributed by atoms with Gasteiger partial charge in [-0.3, -0.25) is 9.83 Å². The lowest BCUT2D eigenvalue weighted by molar-refractivity contribution is -0.137. The zero-order chi connectivity index (χ0) is 23.6. The molecular formula is C24H23F3N4O2. The van der Waals surface area contributed by atoms with Gasteiger partial charge in [-0.15, -0.1) is 0 Å². The number of hydrogen-bond donors (Lipinski definition) is 1. The molecule has 1 aromatic heterocycles. The number of aromatic nitrogens is 2. The molecular weight excluding hydrogens is 433 g/mol. The molecule has 3 aromatic rings. The number of benzene rings is 2. The van der Waals surface area contributed by atoms with Crippen LogP contribution in [0.15, 0.2) is 53.7 Å². The number of amidine groups is 1. The van der Waals surface area contributed by atoms with Crippen LogP contribution in [0.4, 0.5) is 13.2 Å². The van der Waals surface area contributed by atoms with Crippen LogP contribution in [0.1, 0.15) is 33.5 Å². The van der Waals surface area contributed by atoms with E-state index >= 15 is 0 Å². The molecule has 9 heteroatoms. The van der Waals surface area contributed by atoms with Crippen molar-refractivity contribution in [3.05, 3.63) is 82.2 Å². The van der Waals surface area contributed by atoms with Gasteiger partial charge < -0.3 is 4.74 Å². The average molecular weight is 456 g/mol. The zero-order valence-electron chi connectivity index (χ0n) is 18.4. The second-order valence-corrected chi connectivity index (χ2v) is 7.96. The summed E-state index contributed by atoms with van der Waals surface area (Å²) < 4.78 is 45.0. The molecule has 0 saturated carbocycles. The largest absolute Gasteiger partial charge is 0.455 e. The topological polar surface area (TPSA) is 68.6 Å². The summed E-state index contributed by atoms with van der Waals surface area (Å²) in [5.74, 6) is 0.649. The van der Waals surface area contributed by atoms with E-state index in [1.54, 1.807) is 6.92 Å². The van der Waals surface area contributed by atoms with Crippen LogP contribution in [0.2, 0.25) is 0 Å². The van der Waals surface area contributed by atoms with E-state index in [4.69, 9.17) is 14.6 Å². The van der Waals surface area contributed by atoms with E-state index in [9.17, 15) is 13.2 Å². The number of aliphatic imine (C=N–C) groups is 1. The molecule has 1 aliphatic heterocycles. The van der Waals surface area contributed by atoms with Crippen LogP contribution < -0.4 is 10.2 Å². The van der Waals surface area contributed by atoms with Crippen molar-refractivity contribution in [2.24, 2.45) is 4.99 Å². The Morgan fingerprint density at radius 3 is 2.67 bits per heavy atom. The molecule has 33 heavy (non-hydrogen) atoms.